The second kappa shape index (κ2) is 15.5. The standard InChI is InChI=1S/C32H49N5O/c1-26-10-9-17-35-31(26)25-37(19-8-7-16-33)24-30-23-36(21-18-34-30)20-15-29(27-11-3-2-4-12-27)22-32(38)28-13-5-6-14-28/h2-4,9-12,17,28-30,34H,5-8,13-16,18-25,33H2,1H3/t29-,30+/m1/s1. The zero-order valence-electron chi connectivity index (χ0n) is 23.5. The van der Waals surface area contributed by atoms with Gasteiger partial charge in [-0.3, -0.25) is 14.7 Å². The van der Waals surface area contributed by atoms with Crippen LogP contribution in [0.25, 0.3) is 0 Å². The molecule has 1 aromatic carbocycles. The molecule has 6 heteroatoms. The van der Waals surface area contributed by atoms with Gasteiger partial charge >= 0.3 is 0 Å². The van der Waals surface area contributed by atoms with Gasteiger partial charge in [-0.1, -0.05) is 49.2 Å². The van der Waals surface area contributed by atoms with E-state index in [9.17, 15) is 4.79 Å². The molecule has 2 atom stereocenters. The van der Waals surface area contributed by atoms with E-state index in [1.54, 1.807) is 0 Å². The molecule has 2 fully saturated rings. The fourth-order valence-corrected chi connectivity index (χ4v) is 6.25. The van der Waals surface area contributed by atoms with Gasteiger partial charge in [-0.15, -0.1) is 0 Å². The summed E-state index contributed by atoms with van der Waals surface area (Å²) in [6, 6.07) is 15.3. The monoisotopic (exact) mass is 519 g/mol. The summed E-state index contributed by atoms with van der Waals surface area (Å²) in [6.45, 7) is 10.0. The molecule has 1 aliphatic carbocycles. The molecule has 38 heavy (non-hydrogen) atoms. The van der Waals surface area contributed by atoms with Crippen LogP contribution in [0.1, 0.15) is 74.1 Å². The summed E-state index contributed by atoms with van der Waals surface area (Å²) < 4.78 is 0. The lowest BCUT2D eigenvalue weighted by atomic mass is 9.86. The average molecular weight is 520 g/mol. The van der Waals surface area contributed by atoms with Crippen LogP contribution >= 0.6 is 0 Å². The largest absolute Gasteiger partial charge is 0.330 e. The van der Waals surface area contributed by atoms with E-state index in [1.165, 1.54) is 29.7 Å². The molecule has 0 amide bonds. The number of piperazine rings is 1. The minimum Gasteiger partial charge on any atom is -0.330 e. The Labute approximate surface area is 230 Å². The number of aromatic nitrogens is 1. The molecular formula is C32H49N5O. The van der Waals surface area contributed by atoms with Gasteiger partial charge in [0.25, 0.3) is 0 Å². The second-order valence-electron chi connectivity index (χ2n) is 11.5. The van der Waals surface area contributed by atoms with Crippen molar-refractivity contribution in [2.24, 2.45) is 11.7 Å². The number of nitrogens with two attached hydrogens (primary N) is 1. The lowest BCUT2D eigenvalue weighted by Crippen LogP contribution is -2.55. The van der Waals surface area contributed by atoms with Crippen LogP contribution in [0, 0.1) is 12.8 Å². The molecule has 2 aromatic rings. The number of benzene rings is 1. The lowest BCUT2D eigenvalue weighted by molar-refractivity contribution is -0.123. The van der Waals surface area contributed by atoms with Crippen LogP contribution < -0.4 is 11.1 Å². The van der Waals surface area contributed by atoms with Crippen molar-refractivity contribution in [1.82, 2.24) is 20.1 Å². The number of Topliss-reactive ketones (excluding diaryl/α,β-unsaturated/α-hetero) is 1. The summed E-state index contributed by atoms with van der Waals surface area (Å²) in [6.07, 6.45) is 10.5. The van der Waals surface area contributed by atoms with E-state index >= 15 is 0 Å². The number of carbonyl (C=O) groups excluding carboxylic acids is 1. The number of carbonyl (C=O) groups is 1. The SMILES string of the molecule is Cc1cccnc1CN(CCCCN)C[C@@H]1CN(CC[C@H](CC(=O)C2CCCC2)c2ccccc2)CCN1. The van der Waals surface area contributed by atoms with Crippen molar-refractivity contribution in [3.63, 3.8) is 0 Å². The quantitative estimate of drug-likeness (QED) is 0.337. The summed E-state index contributed by atoms with van der Waals surface area (Å²) in [7, 11) is 0. The number of nitrogens with one attached hydrogen (secondary N) is 1. The average Bonchev–Trinajstić information content (AvgIpc) is 3.48. The predicted octanol–water partition coefficient (Wildman–Crippen LogP) is 4.53. The second-order valence-corrected chi connectivity index (χ2v) is 11.5. The minimum absolute atomic E-state index is 0.303. The zero-order valence-corrected chi connectivity index (χ0v) is 23.5. The number of nitrogens with zero attached hydrogens (tertiary/aromatic N) is 3. The van der Waals surface area contributed by atoms with Crippen molar-refractivity contribution in [3.8, 4) is 0 Å². The van der Waals surface area contributed by atoms with Crippen molar-refractivity contribution < 1.29 is 4.79 Å². The Balaban J connectivity index is 1.33. The number of unbranched alkanes of at least 4 members (excludes halogenated alkanes) is 1. The first kappa shape index (κ1) is 28.9. The van der Waals surface area contributed by atoms with Crippen molar-refractivity contribution in [2.75, 3.05) is 45.8 Å². The third-order valence-corrected chi connectivity index (χ3v) is 8.56. The highest BCUT2D eigenvalue weighted by Gasteiger charge is 2.27. The normalized spacial score (nSPS) is 19.7. The van der Waals surface area contributed by atoms with E-state index in [4.69, 9.17) is 5.73 Å². The van der Waals surface area contributed by atoms with E-state index < -0.39 is 0 Å². The number of pyridine rings is 1. The summed E-state index contributed by atoms with van der Waals surface area (Å²) in [4.78, 5) is 22.9. The van der Waals surface area contributed by atoms with Gasteiger partial charge in [0.05, 0.1) is 5.69 Å². The van der Waals surface area contributed by atoms with Crippen LogP contribution in [0.3, 0.4) is 0 Å². The van der Waals surface area contributed by atoms with Gasteiger partial charge in [0.1, 0.15) is 5.78 Å². The van der Waals surface area contributed by atoms with E-state index in [0.29, 0.717) is 30.1 Å². The Bertz CT molecular complexity index is 961. The molecule has 0 spiro atoms. The lowest BCUT2D eigenvalue weighted by Gasteiger charge is -2.37. The maximum Gasteiger partial charge on any atom is 0.136 e. The van der Waals surface area contributed by atoms with Crippen molar-refractivity contribution in [1.29, 1.82) is 0 Å². The third kappa shape index (κ3) is 8.98. The highest BCUT2D eigenvalue weighted by Crippen LogP contribution is 2.31. The Hall–Kier alpha value is -2.12. The minimum atomic E-state index is 0.303. The third-order valence-electron chi connectivity index (χ3n) is 8.56. The van der Waals surface area contributed by atoms with Crippen molar-refractivity contribution in [2.45, 2.75) is 76.8 Å². The smallest absolute Gasteiger partial charge is 0.136 e. The van der Waals surface area contributed by atoms with Gasteiger partial charge in [-0.25, -0.2) is 0 Å². The number of hydrogen-bond donors (Lipinski definition) is 2. The fraction of sp³-hybridized carbons (Fsp3) is 0.625. The molecule has 1 saturated heterocycles. The van der Waals surface area contributed by atoms with Gasteiger partial charge in [-0.2, -0.15) is 0 Å². The first-order chi connectivity index (χ1) is 18.6. The Morgan fingerprint density at radius 1 is 1.16 bits per heavy atom. The number of rotatable bonds is 15. The van der Waals surface area contributed by atoms with E-state index in [1.807, 2.05) is 12.3 Å². The first-order valence-electron chi connectivity index (χ1n) is 15.0. The van der Waals surface area contributed by atoms with Gasteiger partial charge in [0.2, 0.25) is 0 Å². The molecular weight excluding hydrogens is 470 g/mol. The van der Waals surface area contributed by atoms with E-state index in [0.717, 1.165) is 84.5 Å². The molecule has 1 aliphatic heterocycles. The maximum atomic E-state index is 13.1. The van der Waals surface area contributed by atoms with Gasteiger partial charge in [0.15, 0.2) is 0 Å². The number of hydrogen-bond acceptors (Lipinski definition) is 6. The van der Waals surface area contributed by atoms with Gasteiger partial charge < -0.3 is 16.0 Å². The zero-order chi connectivity index (χ0) is 26.6. The molecule has 6 nitrogen and oxygen atoms in total. The highest BCUT2D eigenvalue weighted by atomic mass is 16.1. The van der Waals surface area contributed by atoms with Crippen LogP contribution in [-0.4, -0.2) is 72.4 Å². The Morgan fingerprint density at radius 3 is 2.74 bits per heavy atom. The molecule has 0 radical (unpaired) electrons. The highest BCUT2D eigenvalue weighted by molar-refractivity contribution is 5.82. The number of ketones is 1. The molecule has 1 saturated carbocycles. The van der Waals surface area contributed by atoms with Crippen molar-refractivity contribution in [3.05, 3.63) is 65.5 Å². The molecule has 2 aliphatic rings. The van der Waals surface area contributed by atoms with Crippen LogP contribution in [-0.2, 0) is 11.3 Å². The van der Waals surface area contributed by atoms with Crippen LogP contribution in [0.5, 0.6) is 0 Å². The summed E-state index contributed by atoms with van der Waals surface area (Å²) >= 11 is 0. The predicted molar refractivity (Wildman–Crippen MR) is 156 cm³/mol. The van der Waals surface area contributed by atoms with Crippen LogP contribution in [0.15, 0.2) is 48.7 Å². The van der Waals surface area contributed by atoms with Crippen molar-refractivity contribution >= 4 is 5.78 Å². The van der Waals surface area contributed by atoms with Crippen LogP contribution in [0.4, 0.5) is 0 Å². The number of aryl methyl sites for hydroxylation is 1. The fourth-order valence-electron chi connectivity index (χ4n) is 6.25. The summed E-state index contributed by atoms with van der Waals surface area (Å²) in [5, 5.41) is 3.78. The molecule has 4 rings (SSSR count). The van der Waals surface area contributed by atoms with E-state index in [2.05, 4.69) is 63.4 Å². The topological polar surface area (TPSA) is 74.5 Å². The molecule has 0 unspecified atom stereocenters. The van der Waals surface area contributed by atoms with E-state index in [-0.39, 0.29) is 0 Å². The van der Waals surface area contributed by atoms with Gasteiger partial charge in [-0.05, 0) is 81.8 Å². The molecule has 0 bridgehead atoms. The summed E-state index contributed by atoms with van der Waals surface area (Å²) in [5.41, 5.74) is 9.54. The van der Waals surface area contributed by atoms with Gasteiger partial charge in [0, 0.05) is 57.3 Å². The Kier molecular flexibility index (Phi) is 11.8. The molecule has 3 N–H and O–H groups in total. The first-order valence-corrected chi connectivity index (χ1v) is 15.0. The Morgan fingerprint density at radius 2 is 1.97 bits per heavy atom. The maximum absolute atomic E-state index is 13.1. The summed E-state index contributed by atoms with van der Waals surface area (Å²) in [5.74, 6) is 1.11. The molecule has 208 valence electrons. The molecule has 2 heterocycles. The molecule has 1 aromatic heterocycles. The van der Waals surface area contributed by atoms with Crippen LogP contribution in [0.2, 0.25) is 0 Å².